The lowest BCUT2D eigenvalue weighted by Crippen LogP contribution is -1.71. The van der Waals surface area contributed by atoms with Gasteiger partial charge in [-0.15, -0.1) is 11.3 Å². The summed E-state index contributed by atoms with van der Waals surface area (Å²) in [7, 11) is 0. The van der Waals surface area contributed by atoms with Crippen molar-refractivity contribution >= 4 is 37.4 Å². The molecule has 2 rings (SSSR count). The second-order valence-corrected chi connectivity index (χ2v) is 4.11. The van der Waals surface area contributed by atoms with Crippen LogP contribution in [0.4, 0.5) is 0 Å². The smallest absolute Gasteiger partial charge is 0.173 e. The van der Waals surface area contributed by atoms with E-state index in [-0.39, 0.29) is 11.5 Å². The standard InChI is InChI=1S/C8H5BrO2S/c9-6-7(11)5(10)3-4-1-2-12-8(4)6/h1-3,10-11H. The minimum atomic E-state index is -0.0926. The maximum absolute atomic E-state index is 9.33. The van der Waals surface area contributed by atoms with Gasteiger partial charge in [-0.05, 0) is 38.8 Å². The summed E-state index contributed by atoms with van der Waals surface area (Å²) < 4.78 is 1.51. The number of hydrogen-bond donors (Lipinski definition) is 2. The monoisotopic (exact) mass is 244 g/mol. The van der Waals surface area contributed by atoms with Crippen molar-refractivity contribution in [3.05, 3.63) is 22.0 Å². The van der Waals surface area contributed by atoms with Gasteiger partial charge in [0.15, 0.2) is 11.5 Å². The summed E-state index contributed by atoms with van der Waals surface area (Å²) in [5.74, 6) is -0.183. The van der Waals surface area contributed by atoms with E-state index in [4.69, 9.17) is 0 Å². The Morgan fingerprint density at radius 1 is 1.33 bits per heavy atom. The Bertz CT molecular complexity index is 436. The van der Waals surface area contributed by atoms with Crippen LogP contribution in [0, 0.1) is 0 Å². The minimum absolute atomic E-state index is 0.0900. The zero-order valence-corrected chi connectivity index (χ0v) is 8.32. The lowest BCUT2D eigenvalue weighted by Gasteiger charge is -2.00. The van der Waals surface area contributed by atoms with Gasteiger partial charge in [-0.2, -0.15) is 0 Å². The van der Waals surface area contributed by atoms with E-state index < -0.39 is 0 Å². The minimum Gasteiger partial charge on any atom is -0.504 e. The van der Waals surface area contributed by atoms with Crippen LogP contribution in [-0.2, 0) is 0 Å². The van der Waals surface area contributed by atoms with Crippen LogP contribution in [0.15, 0.2) is 22.0 Å². The summed E-state index contributed by atoms with van der Waals surface area (Å²) in [5, 5.41) is 21.4. The molecule has 0 bridgehead atoms. The highest BCUT2D eigenvalue weighted by Gasteiger charge is 2.09. The molecule has 2 N–H and O–H groups in total. The molecule has 0 atom stereocenters. The Labute approximate surface area is 81.2 Å². The van der Waals surface area contributed by atoms with Crippen LogP contribution in [0.5, 0.6) is 11.5 Å². The summed E-state index contributed by atoms with van der Waals surface area (Å²) in [6, 6.07) is 3.44. The molecule has 1 aromatic carbocycles. The Balaban J connectivity index is 2.94. The Morgan fingerprint density at radius 2 is 2.08 bits per heavy atom. The van der Waals surface area contributed by atoms with Crippen molar-refractivity contribution in [2.24, 2.45) is 0 Å². The van der Waals surface area contributed by atoms with Crippen molar-refractivity contribution < 1.29 is 10.2 Å². The Kier molecular flexibility index (Phi) is 1.73. The highest BCUT2D eigenvalue weighted by atomic mass is 79.9. The Morgan fingerprint density at radius 3 is 2.83 bits per heavy atom. The predicted octanol–water partition coefficient (Wildman–Crippen LogP) is 3.08. The third-order valence-electron chi connectivity index (χ3n) is 1.64. The summed E-state index contributed by atoms with van der Waals surface area (Å²) >= 11 is 4.73. The highest BCUT2D eigenvalue weighted by molar-refractivity contribution is 9.10. The van der Waals surface area contributed by atoms with Crippen molar-refractivity contribution in [1.29, 1.82) is 0 Å². The fraction of sp³-hybridized carbons (Fsp3) is 0. The van der Waals surface area contributed by atoms with Crippen molar-refractivity contribution in [3.63, 3.8) is 0 Å². The average Bonchev–Trinajstić information content (AvgIpc) is 2.48. The fourth-order valence-electron chi connectivity index (χ4n) is 1.05. The molecule has 62 valence electrons. The van der Waals surface area contributed by atoms with E-state index in [9.17, 15) is 10.2 Å². The SMILES string of the molecule is Oc1cc2ccsc2c(Br)c1O. The molecule has 0 aliphatic heterocycles. The first-order valence-corrected chi connectivity index (χ1v) is 4.95. The summed E-state index contributed by atoms with van der Waals surface area (Å²) in [5.41, 5.74) is 0. The van der Waals surface area contributed by atoms with Gasteiger partial charge in [0, 0.05) is 0 Å². The number of halogens is 1. The highest BCUT2D eigenvalue weighted by Crippen LogP contribution is 2.41. The topological polar surface area (TPSA) is 40.5 Å². The number of fused-ring (bicyclic) bond motifs is 1. The number of hydrogen-bond acceptors (Lipinski definition) is 3. The molecule has 0 aliphatic rings. The van der Waals surface area contributed by atoms with Gasteiger partial charge >= 0.3 is 0 Å². The van der Waals surface area contributed by atoms with E-state index >= 15 is 0 Å². The second-order valence-electron chi connectivity index (χ2n) is 2.40. The van der Waals surface area contributed by atoms with E-state index in [1.807, 2.05) is 11.4 Å². The third kappa shape index (κ3) is 0.990. The Hall–Kier alpha value is -0.740. The molecule has 0 unspecified atom stereocenters. The van der Waals surface area contributed by atoms with E-state index in [1.54, 1.807) is 6.07 Å². The molecule has 0 spiro atoms. The number of benzene rings is 1. The van der Waals surface area contributed by atoms with Gasteiger partial charge < -0.3 is 10.2 Å². The summed E-state index contributed by atoms with van der Waals surface area (Å²) in [6.45, 7) is 0. The van der Waals surface area contributed by atoms with Crippen molar-refractivity contribution in [1.82, 2.24) is 0 Å². The van der Waals surface area contributed by atoms with Gasteiger partial charge in [0.1, 0.15) is 0 Å². The number of phenols is 2. The average molecular weight is 245 g/mol. The first kappa shape index (κ1) is 7.89. The largest absolute Gasteiger partial charge is 0.504 e. The normalized spacial score (nSPS) is 10.8. The number of aromatic hydroxyl groups is 2. The van der Waals surface area contributed by atoms with Crippen molar-refractivity contribution in [2.45, 2.75) is 0 Å². The molecule has 0 saturated carbocycles. The van der Waals surface area contributed by atoms with Crippen LogP contribution in [0.2, 0.25) is 0 Å². The molecule has 0 saturated heterocycles. The molecule has 0 amide bonds. The molecular formula is C8H5BrO2S. The molecule has 4 heteroatoms. The van der Waals surface area contributed by atoms with Gasteiger partial charge in [-0.1, -0.05) is 0 Å². The lowest BCUT2D eigenvalue weighted by molar-refractivity contribution is 0.403. The molecule has 0 fully saturated rings. The van der Waals surface area contributed by atoms with Crippen LogP contribution < -0.4 is 0 Å². The lowest BCUT2D eigenvalue weighted by atomic mass is 10.2. The van der Waals surface area contributed by atoms with Gasteiger partial charge in [0.2, 0.25) is 0 Å². The number of thiophene rings is 1. The second kappa shape index (κ2) is 2.64. The van der Waals surface area contributed by atoms with E-state index in [1.165, 1.54) is 11.3 Å². The predicted molar refractivity (Wildman–Crippen MR) is 52.9 cm³/mol. The van der Waals surface area contributed by atoms with Crippen LogP contribution >= 0.6 is 27.3 Å². The van der Waals surface area contributed by atoms with Crippen LogP contribution in [0.1, 0.15) is 0 Å². The fourth-order valence-corrected chi connectivity index (χ4v) is 2.57. The third-order valence-corrected chi connectivity index (χ3v) is 3.62. The quantitative estimate of drug-likeness (QED) is 0.700. The van der Waals surface area contributed by atoms with Crippen molar-refractivity contribution in [3.8, 4) is 11.5 Å². The molecular weight excluding hydrogens is 240 g/mol. The molecule has 0 radical (unpaired) electrons. The molecule has 0 aliphatic carbocycles. The number of phenolic OH excluding ortho intramolecular Hbond substituents is 2. The maximum Gasteiger partial charge on any atom is 0.173 e. The maximum atomic E-state index is 9.33. The zero-order chi connectivity index (χ0) is 8.72. The van der Waals surface area contributed by atoms with Gasteiger partial charge in [0.05, 0.1) is 9.17 Å². The summed E-state index contributed by atoms with van der Waals surface area (Å²) in [6.07, 6.45) is 0. The molecule has 1 aromatic heterocycles. The van der Waals surface area contributed by atoms with Crippen LogP contribution in [0.3, 0.4) is 0 Å². The first-order valence-electron chi connectivity index (χ1n) is 3.28. The summed E-state index contributed by atoms with van der Waals surface area (Å²) in [4.78, 5) is 0. The first-order chi connectivity index (χ1) is 5.70. The van der Waals surface area contributed by atoms with Crippen molar-refractivity contribution in [2.75, 3.05) is 0 Å². The molecule has 2 aromatic rings. The van der Waals surface area contributed by atoms with Gasteiger partial charge in [0.25, 0.3) is 0 Å². The van der Waals surface area contributed by atoms with E-state index in [2.05, 4.69) is 15.9 Å². The van der Waals surface area contributed by atoms with Gasteiger partial charge in [-0.25, -0.2) is 0 Å². The van der Waals surface area contributed by atoms with E-state index in [0.29, 0.717) is 4.47 Å². The molecule has 12 heavy (non-hydrogen) atoms. The number of rotatable bonds is 0. The molecule has 2 nitrogen and oxygen atoms in total. The van der Waals surface area contributed by atoms with Crippen LogP contribution in [0.25, 0.3) is 10.1 Å². The molecule has 1 heterocycles. The zero-order valence-electron chi connectivity index (χ0n) is 5.91. The van der Waals surface area contributed by atoms with E-state index in [0.717, 1.165) is 10.1 Å². The van der Waals surface area contributed by atoms with Gasteiger partial charge in [-0.3, -0.25) is 0 Å². The van der Waals surface area contributed by atoms with Crippen LogP contribution in [-0.4, -0.2) is 10.2 Å².